The molecule has 2 atom stereocenters. The molecule has 108 valence electrons. The highest BCUT2D eigenvalue weighted by Crippen LogP contribution is 2.31. The van der Waals surface area contributed by atoms with E-state index >= 15 is 0 Å². The zero-order valence-corrected chi connectivity index (χ0v) is 13.1. The van der Waals surface area contributed by atoms with Crippen LogP contribution in [-0.2, 0) is 16.4 Å². The minimum atomic E-state index is -3.33. The van der Waals surface area contributed by atoms with Gasteiger partial charge in [0.2, 0.25) is 0 Å². The Bertz CT molecular complexity index is 525. The highest BCUT2D eigenvalue weighted by atomic mass is 32.2. The van der Waals surface area contributed by atoms with E-state index in [0.717, 1.165) is 24.1 Å². The van der Waals surface area contributed by atoms with Gasteiger partial charge in [-0.1, -0.05) is 6.92 Å². The maximum absolute atomic E-state index is 12.7. The molecular formula is C13H22N2O2S2. The second-order valence-electron chi connectivity index (χ2n) is 5.24. The molecule has 0 spiro atoms. The van der Waals surface area contributed by atoms with Crippen molar-refractivity contribution in [1.29, 1.82) is 0 Å². The Hall–Kier alpha value is -0.430. The molecule has 1 saturated heterocycles. The monoisotopic (exact) mass is 302 g/mol. The van der Waals surface area contributed by atoms with E-state index in [1.807, 2.05) is 13.0 Å². The molecule has 2 rings (SSSR count). The normalized spacial score (nSPS) is 25.6. The molecule has 1 aliphatic rings. The van der Waals surface area contributed by atoms with Gasteiger partial charge in [0, 0.05) is 17.5 Å². The van der Waals surface area contributed by atoms with Crippen LogP contribution in [-0.4, -0.2) is 31.9 Å². The average molecular weight is 302 g/mol. The average Bonchev–Trinajstić information content (AvgIpc) is 2.82. The molecule has 0 bridgehead atoms. The van der Waals surface area contributed by atoms with Crippen molar-refractivity contribution in [2.75, 3.05) is 13.1 Å². The first-order valence-corrected chi connectivity index (χ1v) is 9.03. The van der Waals surface area contributed by atoms with Crippen molar-refractivity contribution < 1.29 is 8.42 Å². The summed E-state index contributed by atoms with van der Waals surface area (Å²) < 4.78 is 27.5. The van der Waals surface area contributed by atoms with Gasteiger partial charge >= 0.3 is 0 Å². The van der Waals surface area contributed by atoms with Crippen molar-refractivity contribution in [2.45, 2.75) is 43.4 Å². The minimum absolute atomic E-state index is 0.0822. The second-order valence-corrected chi connectivity index (χ2v) is 8.52. The van der Waals surface area contributed by atoms with Crippen LogP contribution in [0.2, 0.25) is 0 Å². The lowest BCUT2D eigenvalue weighted by Gasteiger charge is -2.36. The van der Waals surface area contributed by atoms with Gasteiger partial charge in [-0.05, 0) is 50.8 Å². The lowest BCUT2D eigenvalue weighted by atomic mass is 9.94. The molecule has 2 N–H and O–H groups in total. The van der Waals surface area contributed by atoms with Gasteiger partial charge in [-0.3, -0.25) is 0 Å². The van der Waals surface area contributed by atoms with Crippen molar-refractivity contribution in [3.63, 3.8) is 0 Å². The highest BCUT2D eigenvalue weighted by Gasteiger charge is 2.35. The number of hydrogen-bond donors (Lipinski definition) is 1. The van der Waals surface area contributed by atoms with Crippen molar-refractivity contribution in [3.8, 4) is 0 Å². The molecule has 2 unspecified atom stereocenters. The van der Waals surface area contributed by atoms with Crippen LogP contribution in [0.1, 0.15) is 31.6 Å². The smallest absolute Gasteiger partial charge is 0.252 e. The standard InChI is InChI=1S/C13H22N2O2S2/c1-10-4-3-9-15(11(10)2)19(16,17)13-6-5-12(18-13)7-8-14/h5-6,10-11H,3-4,7-9,14H2,1-2H3. The summed E-state index contributed by atoms with van der Waals surface area (Å²) in [7, 11) is -3.33. The zero-order valence-electron chi connectivity index (χ0n) is 11.5. The molecule has 0 saturated carbocycles. The van der Waals surface area contributed by atoms with E-state index in [4.69, 9.17) is 5.73 Å². The second kappa shape index (κ2) is 5.91. The lowest BCUT2D eigenvalue weighted by molar-refractivity contribution is 0.202. The fraction of sp³-hybridized carbons (Fsp3) is 0.692. The number of sulfonamides is 1. The Balaban J connectivity index is 2.25. The van der Waals surface area contributed by atoms with Crippen LogP contribution in [0.25, 0.3) is 0 Å². The van der Waals surface area contributed by atoms with Gasteiger partial charge < -0.3 is 5.73 Å². The first-order valence-electron chi connectivity index (χ1n) is 6.77. The van der Waals surface area contributed by atoms with Gasteiger partial charge in [-0.15, -0.1) is 11.3 Å². The van der Waals surface area contributed by atoms with Gasteiger partial charge in [0.05, 0.1) is 0 Å². The maximum atomic E-state index is 12.7. The predicted octanol–water partition coefficient (Wildman–Crippen LogP) is 2.06. The molecular weight excluding hydrogens is 280 g/mol. The van der Waals surface area contributed by atoms with Crippen LogP contribution in [0.15, 0.2) is 16.3 Å². The summed E-state index contributed by atoms with van der Waals surface area (Å²) >= 11 is 1.35. The van der Waals surface area contributed by atoms with Crippen LogP contribution >= 0.6 is 11.3 Å². The van der Waals surface area contributed by atoms with Gasteiger partial charge in [0.1, 0.15) is 4.21 Å². The summed E-state index contributed by atoms with van der Waals surface area (Å²) in [6.07, 6.45) is 2.80. The Morgan fingerprint density at radius 2 is 2.16 bits per heavy atom. The van der Waals surface area contributed by atoms with Gasteiger partial charge in [0.15, 0.2) is 0 Å². The summed E-state index contributed by atoms with van der Waals surface area (Å²) in [5.41, 5.74) is 5.51. The van der Waals surface area contributed by atoms with E-state index in [1.54, 1.807) is 10.4 Å². The van der Waals surface area contributed by atoms with E-state index < -0.39 is 10.0 Å². The van der Waals surface area contributed by atoms with Crippen molar-refractivity contribution >= 4 is 21.4 Å². The quantitative estimate of drug-likeness (QED) is 0.926. The van der Waals surface area contributed by atoms with E-state index in [-0.39, 0.29) is 6.04 Å². The molecule has 1 aliphatic heterocycles. The Morgan fingerprint density at radius 3 is 2.84 bits per heavy atom. The predicted molar refractivity (Wildman–Crippen MR) is 78.8 cm³/mol. The largest absolute Gasteiger partial charge is 0.330 e. The van der Waals surface area contributed by atoms with Crippen molar-refractivity contribution in [2.24, 2.45) is 11.7 Å². The number of nitrogens with zero attached hydrogens (tertiary/aromatic N) is 1. The van der Waals surface area contributed by atoms with Crippen LogP contribution < -0.4 is 5.73 Å². The van der Waals surface area contributed by atoms with Gasteiger partial charge in [0.25, 0.3) is 10.0 Å². The van der Waals surface area contributed by atoms with Crippen LogP contribution in [0, 0.1) is 5.92 Å². The van der Waals surface area contributed by atoms with Crippen LogP contribution in [0.3, 0.4) is 0 Å². The third-order valence-corrected chi connectivity index (χ3v) is 7.51. The zero-order chi connectivity index (χ0) is 14.0. The van der Waals surface area contributed by atoms with Crippen molar-refractivity contribution in [1.82, 2.24) is 4.31 Å². The molecule has 2 heterocycles. The fourth-order valence-electron chi connectivity index (χ4n) is 2.53. The molecule has 6 heteroatoms. The molecule has 1 fully saturated rings. The molecule has 1 aromatic rings. The lowest BCUT2D eigenvalue weighted by Crippen LogP contribution is -2.45. The van der Waals surface area contributed by atoms with E-state index in [1.165, 1.54) is 11.3 Å². The molecule has 1 aromatic heterocycles. The van der Waals surface area contributed by atoms with Crippen LogP contribution in [0.5, 0.6) is 0 Å². The first-order chi connectivity index (χ1) is 8.96. The summed E-state index contributed by atoms with van der Waals surface area (Å²) in [6.45, 7) is 5.32. The highest BCUT2D eigenvalue weighted by molar-refractivity contribution is 7.91. The molecule has 4 nitrogen and oxygen atoms in total. The molecule has 0 amide bonds. The Labute approximate surface area is 119 Å². The van der Waals surface area contributed by atoms with Crippen molar-refractivity contribution in [3.05, 3.63) is 17.0 Å². The maximum Gasteiger partial charge on any atom is 0.252 e. The summed E-state index contributed by atoms with van der Waals surface area (Å²) in [4.78, 5) is 1.04. The number of hydrogen-bond acceptors (Lipinski definition) is 4. The number of nitrogens with two attached hydrogens (primary N) is 1. The third kappa shape index (κ3) is 3.02. The van der Waals surface area contributed by atoms with E-state index in [0.29, 0.717) is 23.2 Å². The SMILES string of the molecule is CC1CCCN(S(=O)(=O)c2ccc(CCN)s2)C1C. The Kier molecular flexibility index (Phi) is 4.66. The molecule has 0 aliphatic carbocycles. The Morgan fingerprint density at radius 1 is 1.42 bits per heavy atom. The topological polar surface area (TPSA) is 63.4 Å². The third-order valence-electron chi connectivity index (χ3n) is 3.91. The fourth-order valence-corrected chi connectivity index (χ4v) is 5.79. The first kappa shape index (κ1) is 15.0. The number of piperidine rings is 1. The minimum Gasteiger partial charge on any atom is -0.330 e. The molecule has 0 radical (unpaired) electrons. The molecule has 19 heavy (non-hydrogen) atoms. The van der Waals surface area contributed by atoms with Gasteiger partial charge in [-0.25, -0.2) is 8.42 Å². The van der Waals surface area contributed by atoms with Crippen LogP contribution in [0.4, 0.5) is 0 Å². The van der Waals surface area contributed by atoms with E-state index in [9.17, 15) is 8.42 Å². The summed E-state index contributed by atoms with van der Waals surface area (Å²) in [5.74, 6) is 0.423. The summed E-state index contributed by atoms with van der Waals surface area (Å²) in [5, 5.41) is 0. The number of thiophene rings is 1. The van der Waals surface area contributed by atoms with Gasteiger partial charge in [-0.2, -0.15) is 4.31 Å². The van der Waals surface area contributed by atoms with E-state index in [2.05, 4.69) is 6.92 Å². The summed E-state index contributed by atoms with van der Waals surface area (Å²) in [6, 6.07) is 3.68. The number of rotatable bonds is 4. The molecule has 0 aromatic carbocycles.